The lowest BCUT2D eigenvalue weighted by Crippen LogP contribution is -2.28. The summed E-state index contributed by atoms with van der Waals surface area (Å²) in [5.74, 6) is 0. The fourth-order valence-electron chi connectivity index (χ4n) is 10.5. The molecule has 0 unspecified atom stereocenters. The maximum absolute atomic E-state index is 2.51. The van der Waals surface area contributed by atoms with Gasteiger partial charge in [-0.25, -0.2) is 0 Å². The summed E-state index contributed by atoms with van der Waals surface area (Å²) in [6.45, 7) is 6.95. The highest BCUT2D eigenvalue weighted by Gasteiger charge is 2.46. The average molecular weight is 768 g/mol. The van der Waals surface area contributed by atoms with Crippen LogP contribution in [-0.4, -0.2) is 0 Å². The Labute approximate surface area is 353 Å². The number of aryl methyl sites for hydroxylation is 1. The lowest BCUT2D eigenvalue weighted by atomic mass is 9.68. The highest BCUT2D eigenvalue weighted by molar-refractivity contribution is 5.96. The molecule has 11 rings (SSSR count). The van der Waals surface area contributed by atoms with Crippen LogP contribution in [0, 0.1) is 6.92 Å². The normalized spacial score (nSPS) is 13.8. The van der Waals surface area contributed by atoms with Crippen LogP contribution in [-0.2, 0) is 10.8 Å². The molecule has 0 aliphatic heterocycles. The van der Waals surface area contributed by atoms with E-state index in [1.54, 1.807) is 0 Å². The van der Waals surface area contributed by atoms with E-state index in [-0.39, 0.29) is 5.41 Å². The van der Waals surface area contributed by atoms with E-state index in [2.05, 4.69) is 244 Å². The molecule has 0 saturated heterocycles. The van der Waals surface area contributed by atoms with Crippen molar-refractivity contribution in [1.82, 2.24) is 0 Å². The molecule has 0 bridgehead atoms. The van der Waals surface area contributed by atoms with Crippen molar-refractivity contribution in [3.63, 3.8) is 0 Å². The molecule has 0 fully saturated rings. The number of para-hydroxylation sites is 1. The number of hydrogen-bond donors (Lipinski definition) is 0. The van der Waals surface area contributed by atoms with E-state index in [1.165, 1.54) is 83.5 Å². The lowest BCUT2D eigenvalue weighted by molar-refractivity contribution is 0.660. The standard InChI is InChI=1S/C59H45N/c1-40-31-35-53-51(37-40)49-34-32-45(39-56(49)58(53,2)3)60(57-30-18-16-28-50(57)47-26-14-13-25-46(47)41-19-7-4-8-20-41)44-33-36-55-52(38-44)48-27-15-17-29-54(48)59(55,42-21-9-5-10-22-42)43-23-11-6-12-24-43/h4-39H,1-3H3. The fraction of sp³-hybridized carbons (Fsp3) is 0.0847. The second-order valence-corrected chi connectivity index (χ2v) is 16.9. The van der Waals surface area contributed by atoms with Gasteiger partial charge in [0.2, 0.25) is 0 Å². The van der Waals surface area contributed by atoms with Crippen molar-refractivity contribution in [2.24, 2.45) is 0 Å². The Kier molecular flexibility index (Phi) is 8.36. The number of rotatable bonds is 7. The molecule has 9 aromatic carbocycles. The number of benzene rings is 9. The Morgan fingerprint density at radius 2 is 0.833 bits per heavy atom. The van der Waals surface area contributed by atoms with Gasteiger partial charge < -0.3 is 4.90 Å². The molecule has 2 aliphatic carbocycles. The van der Waals surface area contributed by atoms with E-state index in [0.29, 0.717) is 0 Å². The molecule has 2 aliphatic rings. The van der Waals surface area contributed by atoms with Gasteiger partial charge in [-0.1, -0.05) is 207 Å². The summed E-state index contributed by atoms with van der Waals surface area (Å²) in [5.41, 5.74) is 21.9. The third-order valence-corrected chi connectivity index (χ3v) is 13.2. The maximum atomic E-state index is 2.51. The van der Waals surface area contributed by atoms with Gasteiger partial charge in [-0.2, -0.15) is 0 Å². The molecule has 0 spiro atoms. The molecule has 0 saturated carbocycles. The van der Waals surface area contributed by atoms with E-state index in [4.69, 9.17) is 0 Å². The predicted octanol–water partition coefficient (Wildman–Crippen LogP) is 15.5. The summed E-state index contributed by atoms with van der Waals surface area (Å²) >= 11 is 0. The molecular weight excluding hydrogens is 723 g/mol. The quantitative estimate of drug-likeness (QED) is 0.156. The van der Waals surface area contributed by atoms with Crippen molar-refractivity contribution in [2.45, 2.75) is 31.6 Å². The van der Waals surface area contributed by atoms with Gasteiger partial charge in [0.05, 0.1) is 11.1 Å². The van der Waals surface area contributed by atoms with Gasteiger partial charge in [0.25, 0.3) is 0 Å². The second-order valence-electron chi connectivity index (χ2n) is 16.9. The Hall–Kier alpha value is -7.22. The second kappa shape index (κ2) is 14.0. The first-order valence-electron chi connectivity index (χ1n) is 21.1. The third kappa shape index (κ3) is 5.39. The summed E-state index contributed by atoms with van der Waals surface area (Å²) in [4.78, 5) is 2.51. The molecule has 1 heteroatoms. The molecular formula is C59H45N. The van der Waals surface area contributed by atoms with Crippen molar-refractivity contribution in [3.8, 4) is 44.5 Å². The first kappa shape index (κ1) is 35.9. The van der Waals surface area contributed by atoms with Gasteiger partial charge in [0.15, 0.2) is 0 Å². The number of anilines is 3. The smallest absolute Gasteiger partial charge is 0.0713 e. The van der Waals surface area contributed by atoms with Crippen molar-refractivity contribution >= 4 is 17.1 Å². The van der Waals surface area contributed by atoms with Gasteiger partial charge >= 0.3 is 0 Å². The molecule has 9 aromatic rings. The molecule has 0 radical (unpaired) electrons. The summed E-state index contributed by atoms with van der Waals surface area (Å²) < 4.78 is 0. The molecule has 1 nitrogen and oxygen atoms in total. The molecule has 0 heterocycles. The summed E-state index contributed by atoms with van der Waals surface area (Å²) in [5, 5.41) is 0. The highest BCUT2D eigenvalue weighted by atomic mass is 15.1. The van der Waals surface area contributed by atoms with Crippen LogP contribution < -0.4 is 4.90 Å². The van der Waals surface area contributed by atoms with E-state index in [1.807, 2.05) is 0 Å². The molecule has 60 heavy (non-hydrogen) atoms. The Morgan fingerprint density at radius 1 is 0.333 bits per heavy atom. The van der Waals surface area contributed by atoms with Gasteiger partial charge in [-0.05, 0) is 110 Å². The minimum Gasteiger partial charge on any atom is -0.310 e. The predicted molar refractivity (Wildman–Crippen MR) is 252 cm³/mol. The average Bonchev–Trinajstić information content (AvgIpc) is 3.72. The Bertz CT molecular complexity index is 3030. The Balaban J connectivity index is 1.18. The van der Waals surface area contributed by atoms with E-state index < -0.39 is 5.41 Å². The maximum Gasteiger partial charge on any atom is 0.0713 e. The molecule has 286 valence electrons. The van der Waals surface area contributed by atoms with E-state index in [0.717, 1.165) is 17.1 Å². The van der Waals surface area contributed by atoms with Gasteiger partial charge in [-0.15, -0.1) is 0 Å². The van der Waals surface area contributed by atoms with Crippen LogP contribution in [0.15, 0.2) is 218 Å². The molecule has 0 amide bonds. The van der Waals surface area contributed by atoms with Crippen LogP contribution in [0.5, 0.6) is 0 Å². The van der Waals surface area contributed by atoms with Crippen LogP contribution in [0.4, 0.5) is 17.1 Å². The fourth-order valence-corrected chi connectivity index (χ4v) is 10.5. The van der Waals surface area contributed by atoms with Crippen molar-refractivity contribution in [1.29, 1.82) is 0 Å². The largest absolute Gasteiger partial charge is 0.310 e. The SMILES string of the molecule is Cc1ccc2c(c1)-c1ccc(N(c3ccc4c(c3)-c3ccccc3C4(c3ccccc3)c3ccccc3)c3ccccc3-c3ccccc3-c3ccccc3)cc1C2(C)C. The first-order valence-corrected chi connectivity index (χ1v) is 21.1. The first-order chi connectivity index (χ1) is 29.4. The zero-order valence-corrected chi connectivity index (χ0v) is 34.2. The van der Waals surface area contributed by atoms with Crippen LogP contribution in [0.2, 0.25) is 0 Å². The summed E-state index contributed by atoms with van der Waals surface area (Å²) in [7, 11) is 0. The lowest BCUT2D eigenvalue weighted by Gasteiger charge is -2.34. The van der Waals surface area contributed by atoms with Crippen LogP contribution >= 0.6 is 0 Å². The van der Waals surface area contributed by atoms with Gasteiger partial charge in [0.1, 0.15) is 0 Å². The minimum absolute atomic E-state index is 0.151. The van der Waals surface area contributed by atoms with Crippen molar-refractivity contribution in [2.75, 3.05) is 4.90 Å². The van der Waals surface area contributed by atoms with Crippen LogP contribution in [0.3, 0.4) is 0 Å². The molecule has 0 atom stereocenters. The summed E-state index contributed by atoms with van der Waals surface area (Å²) in [6.07, 6.45) is 0. The van der Waals surface area contributed by atoms with E-state index in [9.17, 15) is 0 Å². The highest BCUT2D eigenvalue weighted by Crippen LogP contribution is 2.58. The Morgan fingerprint density at radius 3 is 1.55 bits per heavy atom. The topological polar surface area (TPSA) is 3.24 Å². The zero-order valence-electron chi connectivity index (χ0n) is 34.2. The third-order valence-electron chi connectivity index (χ3n) is 13.2. The zero-order chi connectivity index (χ0) is 40.4. The van der Waals surface area contributed by atoms with E-state index >= 15 is 0 Å². The summed E-state index contributed by atoms with van der Waals surface area (Å²) in [6, 6.07) is 81.1. The van der Waals surface area contributed by atoms with Crippen LogP contribution in [0.1, 0.15) is 52.8 Å². The molecule has 0 N–H and O–H groups in total. The van der Waals surface area contributed by atoms with Gasteiger partial charge in [0, 0.05) is 22.4 Å². The number of nitrogens with zero attached hydrogens (tertiary/aromatic N) is 1. The van der Waals surface area contributed by atoms with Crippen molar-refractivity contribution in [3.05, 3.63) is 257 Å². The number of hydrogen-bond acceptors (Lipinski definition) is 1. The monoisotopic (exact) mass is 767 g/mol. The van der Waals surface area contributed by atoms with Crippen molar-refractivity contribution < 1.29 is 0 Å². The molecule has 0 aromatic heterocycles. The minimum atomic E-state index is -0.466. The van der Waals surface area contributed by atoms with Crippen LogP contribution in [0.25, 0.3) is 44.5 Å². The number of fused-ring (bicyclic) bond motifs is 6. The van der Waals surface area contributed by atoms with Gasteiger partial charge in [-0.3, -0.25) is 0 Å².